The van der Waals surface area contributed by atoms with Gasteiger partial charge in [0.25, 0.3) is 0 Å². The minimum atomic E-state index is -0.682. The van der Waals surface area contributed by atoms with E-state index in [9.17, 15) is 5.11 Å². The van der Waals surface area contributed by atoms with Gasteiger partial charge in [0.05, 0.1) is 5.60 Å². The maximum Gasteiger partial charge on any atom is 0.128 e. The minimum Gasteiger partial charge on any atom is -0.388 e. The molecular weight excluding hydrogens is 200 g/mol. The molecule has 0 saturated carbocycles. The van der Waals surface area contributed by atoms with Crippen LogP contribution in [-0.2, 0) is 0 Å². The van der Waals surface area contributed by atoms with E-state index < -0.39 is 5.60 Å². The number of aromatic nitrogens is 1. The van der Waals surface area contributed by atoms with Gasteiger partial charge in [0, 0.05) is 12.7 Å². The second-order valence-corrected chi connectivity index (χ2v) is 5.12. The Balaban J connectivity index is 2.54. The molecule has 3 heteroatoms. The van der Waals surface area contributed by atoms with Gasteiger partial charge in [-0.15, -0.1) is 0 Å². The first-order chi connectivity index (χ1) is 7.41. The van der Waals surface area contributed by atoms with Crippen LogP contribution in [0.25, 0.3) is 0 Å². The topological polar surface area (TPSA) is 45.2 Å². The Morgan fingerprint density at radius 2 is 2.19 bits per heavy atom. The average Bonchev–Trinajstić information content (AvgIpc) is 2.14. The van der Waals surface area contributed by atoms with E-state index in [1.165, 1.54) is 0 Å². The standard InChI is InChI=1S/C13H22N2O/c1-10(2)8-13(4,16)9-15-12-11(3)6-5-7-14-12/h5-7,10,16H,8-9H2,1-4H3,(H,14,15). The average molecular weight is 222 g/mol. The van der Waals surface area contributed by atoms with Crippen LogP contribution in [0.5, 0.6) is 0 Å². The summed E-state index contributed by atoms with van der Waals surface area (Å²) in [6, 6.07) is 3.92. The second-order valence-electron chi connectivity index (χ2n) is 5.12. The van der Waals surface area contributed by atoms with E-state index in [1.807, 2.05) is 26.0 Å². The lowest BCUT2D eigenvalue weighted by molar-refractivity contribution is 0.0514. The zero-order valence-corrected chi connectivity index (χ0v) is 10.6. The molecule has 1 unspecified atom stereocenters. The molecule has 1 aromatic rings. The van der Waals surface area contributed by atoms with Gasteiger partial charge in [-0.2, -0.15) is 0 Å². The highest BCUT2D eigenvalue weighted by molar-refractivity contribution is 5.42. The van der Waals surface area contributed by atoms with Crippen LogP contribution >= 0.6 is 0 Å². The predicted octanol–water partition coefficient (Wildman–Crippen LogP) is 2.60. The van der Waals surface area contributed by atoms with Gasteiger partial charge in [-0.1, -0.05) is 19.9 Å². The fraction of sp³-hybridized carbons (Fsp3) is 0.615. The van der Waals surface area contributed by atoms with Crippen LogP contribution in [0.4, 0.5) is 5.82 Å². The van der Waals surface area contributed by atoms with Crippen molar-refractivity contribution in [2.45, 2.75) is 39.7 Å². The monoisotopic (exact) mass is 222 g/mol. The van der Waals surface area contributed by atoms with Crippen LogP contribution in [-0.4, -0.2) is 22.2 Å². The number of hydrogen-bond donors (Lipinski definition) is 2. The molecule has 3 nitrogen and oxygen atoms in total. The highest BCUT2D eigenvalue weighted by Gasteiger charge is 2.21. The third kappa shape index (κ3) is 4.19. The van der Waals surface area contributed by atoms with Gasteiger partial charge < -0.3 is 10.4 Å². The maximum absolute atomic E-state index is 10.1. The molecule has 0 aliphatic rings. The summed E-state index contributed by atoms with van der Waals surface area (Å²) < 4.78 is 0. The van der Waals surface area contributed by atoms with Gasteiger partial charge in [-0.25, -0.2) is 4.98 Å². The molecule has 2 N–H and O–H groups in total. The molecule has 0 amide bonds. The smallest absolute Gasteiger partial charge is 0.128 e. The lowest BCUT2D eigenvalue weighted by Gasteiger charge is -2.26. The Kier molecular flexibility index (Phi) is 4.30. The number of aliphatic hydroxyl groups is 1. The first kappa shape index (κ1) is 13.0. The quantitative estimate of drug-likeness (QED) is 0.805. The zero-order chi connectivity index (χ0) is 12.2. The first-order valence-corrected chi connectivity index (χ1v) is 5.78. The molecule has 0 spiro atoms. The maximum atomic E-state index is 10.1. The number of anilines is 1. The van der Waals surface area contributed by atoms with Crippen LogP contribution in [0.3, 0.4) is 0 Å². The summed E-state index contributed by atoms with van der Waals surface area (Å²) in [5, 5.41) is 13.3. The minimum absolute atomic E-state index is 0.488. The lowest BCUT2D eigenvalue weighted by atomic mass is 9.94. The number of aryl methyl sites for hydroxylation is 1. The molecular formula is C13H22N2O. The zero-order valence-electron chi connectivity index (χ0n) is 10.6. The molecule has 0 aliphatic heterocycles. The van der Waals surface area contributed by atoms with Crippen LogP contribution in [0, 0.1) is 12.8 Å². The highest BCUT2D eigenvalue weighted by atomic mass is 16.3. The third-order valence-electron chi connectivity index (χ3n) is 2.49. The third-order valence-corrected chi connectivity index (χ3v) is 2.49. The Morgan fingerprint density at radius 1 is 1.50 bits per heavy atom. The molecule has 16 heavy (non-hydrogen) atoms. The van der Waals surface area contributed by atoms with Crippen molar-refractivity contribution in [1.82, 2.24) is 4.98 Å². The van der Waals surface area contributed by atoms with Crippen molar-refractivity contribution in [3.63, 3.8) is 0 Å². The van der Waals surface area contributed by atoms with E-state index in [1.54, 1.807) is 6.20 Å². The van der Waals surface area contributed by atoms with Crippen LogP contribution in [0.1, 0.15) is 32.8 Å². The molecule has 0 radical (unpaired) electrons. The van der Waals surface area contributed by atoms with Gasteiger partial charge in [0.15, 0.2) is 0 Å². The fourth-order valence-electron chi connectivity index (χ4n) is 1.90. The molecule has 1 rings (SSSR count). The summed E-state index contributed by atoms with van der Waals surface area (Å²) in [7, 11) is 0. The van der Waals surface area contributed by atoms with Crippen molar-refractivity contribution in [2.75, 3.05) is 11.9 Å². The van der Waals surface area contributed by atoms with Gasteiger partial charge in [-0.05, 0) is 37.8 Å². The summed E-state index contributed by atoms with van der Waals surface area (Å²) in [6.07, 6.45) is 2.54. The molecule has 0 aliphatic carbocycles. The van der Waals surface area contributed by atoms with Gasteiger partial charge in [-0.3, -0.25) is 0 Å². The number of pyridine rings is 1. The molecule has 1 atom stereocenters. The largest absolute Gasteiger partial charge is 0.388 e. The van der Waals surface area contributed by atoms with Crippen molar-refractivity contribution >= 4 is 5.82 Å². The van der Waals surface area contributed by atoms with E-state index in [2.05, 4.69) is 24.1 Å². The Morgan fingerprint density at radius 3 is 2.75 bits per heavy atom. The van der Waals surface area contributed by atoms with Crippen molar-refractivity contribution in [2.24, 2.45) is 5.92 Å². The normalized spacial score (nSPS) is 14.9. The molecule has 1 aromatic heterocycles. The van der Waals surface area contributed by atoms with E-state index in [0.717, 1.165) is 17.8 Å². The van der Waals surface area contributed by atoms with E-state index >= 15 is 0 Å². The SMILES string of the molecule is Cc1cccnc1NCC(C)(O)CC(C)C. The summed E-state index contributed by atoms with van der Waals surface area (Å²) >= 11 is 0. The summed E-state index contributed by atoms with van der Waals surface area (Å²) in [5.41, 5.74) is 0.417. The lowest BCUT2D eigenvalue weighted by Crippen LogP contribution is -2.35. The van der Waals surface area contributed by atoms with Gasteiger partial charge in [0.1, 0.15) is 5.82 Å². The first-order valence-electron chi connectivity index (χ1n) is 5.78. The number of rotatable bonds is 5. The molecule has 0 bridgehead atoms. The molecule has 0 aromatic carbocycles. The molecule has 90 valence electrons. The van der Waals surface area contributed by atoms with Crippen LogP contribution in [0.15, 0.2) is 18.3 Å². The van der Waals surface area contributed by atoms with Crippen LogP contribution < -0.4 is 5.32 Å². The van der Waals surface area contributed by atoms with Crippen molar-refractivity contribution in [1.29, 1.82) is 0 Å². The summed E-state index contributed by atoms with van der Waals surface area (Å²) in [6.45, 7) is 8.62. The van der Waals surface area contributed by atoms with Gasteiger partial charge >= 0.3 is 0 Å². The number of hydrogen-bond acceptors (Lipinski definition) is 3. The Hall–Kier alpha value is -1.09. The van der Waals surface area contributed by atoms with Crippen molar-refractivity contribution in [3.05, 3.63) is 23.9 Å². The van der Waals surface area contributed by atoms with E-state index in [0.29, 0.717) is 12.5 Å². The summed E-state index contributed by atoms with van der Waals surface area (Å²) in [5.74, 6) is 1.34. The highest BCUT2D eigenvalue weighted by Crippen LogP contribution is 2.18. The van der Waals surface area contributed by atoms with E-state index in [4.69, 9.17) is 0 Å². The Bertz CT molecular complexity index is 334. The molecule has 0 fully saturated rings. The fourth-order valence-corrected chi connectivity index (χ4v) is 1.90. The number of nitrogens with zero attached hydrogens (tertiary/aromatic N) is 1. The second kappa shape index (κ2) is 5.30. The van der Waals surface area contributed by atoms with Crippen molar-refractivity contribution < 1.29 is 5.11 Å². The molecule has 1 heterocycles. The van der Waals surface area contributed by atoms with E-state index in [-0.39, 0.29) is 0 Å². The van der Waals surface area contributed by atoms with Gasteiger partial charge in [0.2, 0.25) is 0 Å². The van der Waals surface area contributed by atoms with Crippen molar-refractivity contribution in [3.8, 4) is 0 Å². The molecule has 0 saturated heterocycles. The number of nitrogens with one attached hydrogen (secondary N) is 1. The Labute approximate surface area is 97.9 Å². The van der Waals surface area contributed by atoms with Crippen LogP contribution in [0.2, 0.25) is 0 Å². The summed E-state index contributed by atoms with van der Waals surface area (Å²) in [4.78, 5) is 4.24. The predicted molar refractivity (Wildman–Crippen MR) is 67.5 cm³/mol.